The summed E-state index contributed by atoms with van der Waals surface area (Å²) >= 11 is 0. The van der Waals surface area contributed by atoms with Gasteiger partial charge in [0, 0.05) is 19.7 Å². The molecule has 3 aromatic rings. The lowest BCUT2D eigenvalue weighted by atomic mass is 9.95. The molecule has 3 N–H and O–H groups in total. The van der Waals surface area contributed by atoms with Gasteiger partial charge in [0.05, 0.1) is 16.8 Å². The van der Waals surface area contributed by atoms with Crippen molar-refractivity contribution in [2.24, 2.45) is 10.2 Å². The number of anilines is 1. The number of aliphatic hydroxyl groups is 1. The largest absolute Gasteiger partial charge is 0.397 e. The van der Waals surface area contributed by atoms with Crippen molar-refractivity contribution in [3.8, 4) is 22.3 Å². The number of hydrogen-bond acceptors (Lipinski definition) is 5. The molecule has 0 aliphatic rings. The first-order valence-electron chi connectivity index (χ1n) is 8.67. The Morgan fingerprint density at radius 2 is 1.43 bits per heavy atom. The molecular weight excluding hydrogens is 402 g/mol. The molecule has 0 bridgehead atoms. The summed E-state index contributed by atoms with van der Waals surface area (Å²) in [6, 6.07) is 9.39. The first kappa shape index (κ1) is 21.4. The molecule has 3 aromatic carbocycles. The number of hydrogen-bond donors (Lipinski definition) is 2. The van der Waals surface area contributed by atoms with Gasteiger partial charge >= 0.3 is 0 Å². The zero-order valence-corrected chi connectivity index (χ0v) is 16.0. The maximum atomic E-state index is 14.9. The normalized spacial score (nSPS) is 12.5. The third-order valence-corrected chi connectivity index (χ3v) is 4.47. The molecule has 0 saturated heterocycles. The lowest BCUT2D eigenvalue weighted by molar-refractivity contribution is -0.0764. The van der Waals surface area contributed by atoms with Crippen molar-refractivity contribution in [2.45, 2.75) is 6.29 Å². The van der Waals surface area contributed by atoms with Gasteiger partial charge in [0.15, 0.2) is 29.6 Å². The van der Waals surface area contributed by atoms with Gasteiger partial charge in [-0.15, -0.1) is 0 Å². The van der Waals surface area contributed by atoms with E-state index in [4.69, 9.17) is 10.5 Å². The predicted octanol–water partition coefficient (Wildman–Crippen LogP) is 5.51. The van der Waals surface area contributed by atoms with E-state index < -0.39 is 40.7 Å². The highest BCUT2D eigenvalue weighted by Gasteiger charge is 2.28. The van der Waals surface area contributed by atoms with Gasteiger partial charge < -0.3 is 15.6 Å². The van der Waals surface area contributed by atoms with E-state index in [0.717, 1.165) is 12.1 Å². The number of aliphatic hydroxyl groups excluding tert-OH is 1. The van der Waals surface area contributed by atoms with Gasteiger partial charge in [-0.05, 0) is 23.3 Å². The van der Waals surface area contributed by atoms with Crippen molar-refractivity contribution in [3.63, 3.8) is 0 Å². The molecule has 0 fully saturated rings. The van der Waals surface area contributed by atoms with E-state index in [2.05, 4.69) is 10.2 Å². The van der Waals surface area contributed by atoms with Crippen LogP contribution in [0.15, 0.2) is 52.7 Å². The van der Waals surface area contributed by atoms with Crippen molar-refractivity contribution in [2.75, 3.05) is 19.9 Å². The molecule has 0 radical (unpaired) electrons. The van der Waals surface area contributed by atoms with Gasteiger partial charge in [-0.3, -0.25) is 0 Å². The van der Waals surface area contributed by atoms with Crippen LogP contribution in [0.2, 0.25) is 0 Å². The van der Waals surface area contributed by atoms with Gasteiger partial charge in [-0.2, -0.15) is 10.2 Å². The Bertz CT molecular complexity index is 1090. The standard InChI is InChI=1S/C21H17F4N3O2/c1-27-28-20-12(21(29)30-2)8-11(9-13(20)26)15-18(24)16(22)14(17(23)19(15)25)10-6-4-3-5-7-10/h3-9,21,29H,26H2,1-2H3. The molecule has 0 spiro atoms. The first-order chi connectivity index (χ1) is 14.3. The summed E-state index contributed by atoms with van der Waals surface area (Å²) in [6.07, 6.45) is -1.57. The van der Waals surface area contributed by atoms with E-state index in [9.17, 15) is 22.7 Å². The minimum Gasteiger partial charge on any atom is -0.397 e. The van der Waals surface area contributed by atoms with E-state index in [-0.39, 0.29) is 28.1 Å². The van der Waals surface area contributed by atoms with Crippen LogP contribution in [0.4, 0.5) is 28.9 Å². The Hall–Kier alpha value is -3.30. The third kappa shape index (κ3) is 3.64. The molecule has 1 unspecified atom stereocenters. The molecular formula is C21H17F4N3O2. The van der Waals surface area contributed by atoms with Crippen LogP contribution in [0.25, 0.3) is 22.3 Å². The van der Waals surface area contributed by atoms with Crippen LogP contribution in [0, 0.1) is 23.3 Å². The molecule has 1 atom stereocenters. The van der Waals surface area contributed by atoms with Crippen molar-refractivity contribution in [1.29, 1.82) is 0 Å². The summed E-state index contributed by atoms with van der Waals surface area (Å²) in [4.78, 5) is 0. The van der Waals surface area contributed by atoms with Gasteiger partial charge in [0.25, 0.3) is 0 Å². The molecule has 0 saturated carbocycles. The Morgan fingerprint density at radius 3 is 1.93 bits per heavy atom. The van der Waals surface area contributed by atoms with E-state index in [1.54, 1.807) is 6.07 Å². The Labute approximate surface area is 169 Å². The number of halogens is 4. The second kappa shape index (κ2) is 8.60. The van der Waals surface area contributed by atoms with Gasteiger partial charge in [-0.25, -0.2) is 17.6 Å². The zero-order valence-electron chi connectivity index (χ0n) is 16.0. The maximum Gasteiger partial charge on any atom is 0.183 e. The number of benzene rings is 3. The smallest absolute Gasteiger partial charge is 0.183 e. The molecule has 0 heterocycles. The molecule has 0 amide bonds. The van der Waals surface area contributed by atoms with Gasteiger partial charge in [-0.1, -0.05) is 30.3 Å². The van der Waals surface area contributed by atoms with Crippen LogP contribution >= 0.6 is 0 Å². The van der Waals surface area contributed by atoms with Crippen molar-refractivity contribution in [3.05, 3.63) is 71.3 Å². The predicted molar refractivity (Wildman–Crippen MR) is 104 cm³/mol. The SMILES string of the molecule is CN=Nc1c(N)cc(-c2c(F)c(F)c(-c3ccccc3)c(F)c2F)cc1C(O)OC. The summed E-state index contributed by atoms with van der Waals surface area (Å²) < 4.78 is 64.2. The number of nitrogen functional groups attached to an aromatic ring is 1. The number of nitrogens with zero attached hydrogens (tertiary/aromatic N) is 2. The number of ether oxygens (including phenoxy) is 1. The first-order valence-corrected chi connectivity index (χ1v) is 8.67. The second-order valence-electron chi connectivity index (χ2n) is 6.26. The van der Waals surface area contributed by atoms with Crippen molar-refractivity contribution < 1.29 is 27.4 Å². The fourth-order valence-corrected chi connectivity index (χ4v) is 3.10. The van der Waals surface area contributed by atoms with E-state index in [0.29, 0.717) is 0 Å². The van der Waals surface area contributed by atoms with E-state index >= 15 is 0 Å². The molecule has 0 aliphatic heterocycles. The van der Waals surface area contributed by atoms with E-state index in [1.807, 2.05) is 0 Å². The average molecular weight is 419 g/mol. The molecule has 9 heteroatoms. The third-order valence-electron chi connectivity index (χ3n) is 4.47. The Balaban J connectivity index is 2.31. The van der Waals surface area contributed by atoms with Crippen LogP contribution in [-0.2, 0) is 4.74 Å². The summed E-state index contributed by atoms with van der Waals surface area (Å²) in [6.45, 7) is 0. The van der Waals surface area contributed by atoms with Crippen molar-refractivity contribution in [1.82, 2.24) is 0 Å². The number of nitrogens with two attached hydrogens (primary N) is 1. The molecule has 0 aromatic heterocycles. The van der Waals surface area contributed by atoms with Gasteiger partial charge in [0.1, 0.15) is 5.69 Å². The Kier molecular flexibility index (Phi) is 6.14. The van der Waals surface area contributed by atoms with Crippen LogP contribution in [0.5, 0.6) is 0 Å². The van der Waals surface area contributed by atoms with Gasteiger partial charge in [0.2, 0.25) is 0 Å². The molecule has 5 nitrogen and oxygen atoms in total. The average Bonchev–Trinajstić information content (AvgIpc) is 2.74. The number of rotatable bonds is 5. The molecule has 0 aliphatic carbocycles. The number of azo groups is 1. The number of methoxy groups -OCH3 is 1. The fraction of sp³-hybridized carbons (Fsp3) is 0.143. The molecule has 3 rings (SSSR count). The van der Waals surface area contributed by atoms with Crippen LogP contribution in [0.1, 0.15) is 11.9 Å². The summed E-state index contributed by atoms with van der Waals surface area (Å²) in [5.74, 6) is -6.32. The monoisotopic (exact) mass is 419 g/mol. The van der Waals surface area contributed by atoms with Crippen LogP contribution < -0.4 is 5.73 Å². The summed E-state index contributed by atoms with van der Waals surface area (Å²) in [5.41, 5.74) is 3.55. The topological polar surface area (TPSA) is 80.2 Å². The summed E-state index contributed by atoms with van der Waals surface area (Å²) in [7, 11) is 2.53. The van der Waals surface area contributed by atoms with E-state index in [1.165, 1.54) is 38.4 Å². The van der Waals surface area contributed by atoms with Crippen LogP contribution in [-0.4, -0.2) is 19.3 Å². The lowest BCUT2D eigenvalue weighted by Crippen LogP contribution is -2.06. The highest BCUT2D eigenvalue weighted by Crippen LogP contribution is 2.41. The van der Waals surface area contributed by atoms with Crippen molar-refractivity contribution >= 4 is 11.4 Å². The maximum absolute atomic E-state index is 14.9. The quantitative estimate of drug-likeness (QED) is 0.188. The van der Waals surface area contributed by atoms with Crippen LogP contribution in [0.3, 0.4) is 0 Å². The zero-order chi connectivity index (χ0) is 22.0. The fourth-order valence-electron chi connectivity index (χ4n) is 3.10. The second-order valence-corrected chi connectivity index (χ2v) is 6.26. The summed E-state index contributed by atoms with van der Waals surface area (Å²) in [5, 5.41) is 17.4. The molecule has 30 heavy (non-hydrogen) atoms. The highest BCUT2D eigenvalue weighted by atomic mass is 19.2. The Morgan fingerprint density at radius 1 is 0.900 bits per heavy atom. The minimum atomic E-state index is -1.60. The lowest BCUT2D eigenvalue weighted by Gasteiger charge is -2.17. The highest BCUT2D eigenvalue weighted by molar-refractivity contribution is 5.80. The minimum absolute atomic E-state index is 0.00161. The molecule has 156 valence electrons.